The van der Waals surface area contributed by atoms with Gasteiger partial charge in [-0.25, -0.2) is 0 Å². The highest BCUT2D eigenvalue weighted by Crippen LogP contribution is 2.31. The lowest BCUT2D eigenvalue weighted by atomic mass is 9.93. The molecule has 1 amide bonds. The lowest BCUT2D eigenvalue weighted by molar-refractivity contribution is -0.214. The normalized spacial score (nSPS) is 31.2. The molecule has 0 radical (unpaired) electrons. The third-order valence-electron chi connectivity index (χ3n) is 8.40. The van der Waals surface area contributed by atoms with Gasteiger partial charge in [-0.15, -0.1) is 0 Å². The predicted octanol–water partition coefficient (Wildman–Crippen LogP) is -2.34. The third kappa shape index (κ3) is 6.62. The number of fused-ring (bicyclic) bond motifs is 3. The molecule has 10 atom stereocenters. The summed E-state index contributed by atoms with van der Waals surface area (Å²) in [6, 6.07) is 10.8. The van der Waals surface area contributed by atoms with Crippen LogP contribution in [0.15, 0.2) is 36.4 Å². The van der Waals surface area contributed by atoms with E-state index >= 15 is 0 Å². The summed E-state index contributed by atoms with van der Waals surface area (Å²) in [5.41, 5.74) is 2.43. The smallest absolute Gasteiger partial charge is 0.242 e. The molecule has 3 aromatic rings. The van der Waals surface area contributed by atoms with Gasteiger partial charge in [0.25, 0.3) is 0 Å². The summed E-state index contributed by atoms with van der Waals surface area (Å²) >= 11 is 0. The lowest BCUT2D eigenvalue weighted by Crippen LogP contribution is -2.58. The number of aliphatic hydroxyl groups excluding tert-OH is 8. The van der Waals surface area contributed by atoms with Crippen LogP contribution in [0, 0.1) is 23.7 Å². The number of nitrogens with zero attached hydrogens (tertiary/aromatic N) is 2. The SMILES string of the molecule is CN(C)C(=O)Cn1c2cc(C#C[C@H]3O[C@H](CO)[C@@H](O)[C@H](O)[C@@H]3O)ccc2c2ccc(C#C[C@H]3O[C@H](CCO)[C@@H](O)[C@H](O)[C@@H]3O)cc21. The maximum atomic E-state index is 12.9. The first kappa shape index (κ1) is 33.8. The molecule has 2 aromatic carbocycles. The number of rotatable bonds is 5. The van der Waals surface area contributed by atoms with E-state index in [1.54, 1.807) is 38.4 Å². The third-order valence-corrected chi connectivity index (χ3v) is 8.40. The van der Waals surface area contributed by atoms with Gasteiger partial charge in [-0.1, -0.05) is 35.8 Å². The Morgan fingerprint density at radius 1 is 0.739 bits per heavy atom. The topological polar surface area (TPSA) is 206 Å². The van der Waals surface area contributed by atoms with Crippen LogP contribution < -0.4 is 0 Å². The zero-order chi connectivity index (χ0) is 33.3. The van der Waals surface area contributed by atoms with E-state index in [4.69, 9.17) is 9.47 Å². The van der Waals surface area contributed by atoms with Crippen LogP contribution in [0.2, 0.25) is 0 Å². The molecule has 13 nitrogen and oxygen atoms in total. The minimum absolute atomic E-state index is 0.00908. The quantitative estimate of drug-likeness (QED) is 0.139. The van der Waals surface area contributed by atoms with Crippen molar-refractivity contribution >= 4 is 27.7 Å². The minimum Gasteiger partial charge on any atom is -0.396 e. The van der Waals surface area contributed by atoms with Crippen molar-refractivity contribution in [1.29, 1.82) is 0 Å². The van der Waals surface area contributed by atoms with Gasteiger partial charge in [0.1, 0.15) is 61.5 Å². The van der Waals surface area contributed by atoms with Crippen molar-refractivity contribution < 1.29 is 55.1 Å². The molecule has 8 N–H and O–H groups in total. The van der Waals surface area contributed by atoms with E-state index in [0.29, 0.717) is 22.2 Å². The first-order valence-corrected chi connectivity index (χ1v) is 14.9. The summed E-state index contributed by atoms with van der Waals surface area (Å²) in [5.74, 6) is 11.3. The van der Waals surface area contributed by atoms with Crippen LogP contribution in [-0.4, -0.2) is 145 Å². The van der Waals surface area contributed by atoms with Crippen molar-refractivity contribution in [1.82, 2.24) is 9.47 Å². The van der Waals surface area contributed by atoms with Gasteiger partial charge in [-0.05, 0) is 30.7 Å². The Labute approximate surface area is 264 Å². The summed E-state index contributed by atoms with van der Waals surface area (Å²) < 4.78 is 13.0. The number of aromatic nitrogens is 1. The van der Waals surface area contributed by atoms with E-state index in [9.17, 15) is 45.6 Å². The van der Waals surface area contributed by atoms with Crippen LogP contribution in [0.5, 0.6) is 0 Å². The second-order valence-electron chi connectivity index (χ2n) is 11.7. The first-order chi connectivity index (χ1) is 21.9. The van der Waals surface area contributed by atoms with Crippen molar-refractivity contribution in [3.05, 3.63) is 47.5 Å². The summed E-state index contributed by atoms with van der Waals surface area (Å²) in [4.78, 5) is 14.4. The fourth-order valence-corrected chi connectivity index (χ4v) is 5.66. The van der Waals surface area contributed by atoms with Crippen LogP contribution in [0.3, 0.4) is 0 Å². The summed E-state index contributed by atoms with van der Waals surface area (Å²) in [5, 5.41) is 81.8. The molecule has 2 aliphatic heterocycles. The molecular formula is C33H38N2O11. The highest BCUT2D eigenvalue weighted by Gasteiger charge is 2.43. The Hall–Kier alpha value is -3.57. The van der Waals surface area contributed by atoms with Crippen LogP contribution in [0.4, 0.5) is 0 Å². The molecule has 2 fully saturated rings. The first-order valence-electron chi connectivity index (χ1n) is 14.9. The number of aliphatic hydroxyl groups is 8. The average Bonchev–Trinajstić information content (AvgIpc) is 3.34. The summed E-state index contributed by atoms with van der Waals surface area (Å²) in [7, 11) is 3.30. The number of hydrogen-bond donors (Lipinski definition) is 8. The van der Waals surface area contributed by atoms with E-state index in [1.807, 2.05) is 16.7 Å². The Morgan fingerprint density at radius 2 is 1.22 bits per heavy atom. The van der Waals surface area contributed by atoms with Gasteiger partial charge < -0.3 is 59.8 Å². The number of likely N-dealkylation sites (N-methyl/N-ethyl adjacent to an activating group) is 1. The highest BCUT2D eigenvalue weighted by molar-refractivity contribution is 6.09. The van der Waals surface area contributed by atoms with Crippen molar-refractivity contribution in [2.75, 3.05) is 27.3 Å². The van der Waals surface area contributed by atoms with Crippen LogP contribution >= 0.6 is 0 Å². The van der Waals surface area contributed by atoms with E-state index in [0.717, 1.165) is 10.8 Å². The lowest BCUT2D eigenvalue weighted by Gasteiger charge is -2.38. The molecule has 0 saturated carbocycles. The fourth-order valence-electron chi connectivity index (χ4n) is 5.66. The Balaban J connectivity index is 1.51. The molecule has 2 aliphatic rings. The average molecular weight is 639 g/mol. The molecule has 5 rings (SSSR count). The number of amides is 1. The van der Waals surface area contributed by atoms with Crippen molar-refractivity contribution in [2.45, 2.75) is 74.0 Å². The fraction of sp³-hybridized carbons (Fsp3) is 0.485. The van der Waals surface area contributed by atoms with Gasteiger partial charge in [0.15, 0.2) is 0 Å². The maximum Gasteiger partial charge on any atom is 0.242 e. The number of ether oxygens (including phenoxy) is 2. The second kappa shape index (κ2) is 14.0. The maximum absolute atomic E-state index is 12.9. The summed E-state index contributed by atoms with van der Waals surface area (Å²) in [6.07, 6.45) is -13.1. The van der Waals surface area contributed by atoms with Gasteiger partial charge in [0.05, 0.1) is 23.7 Å². The van der Waals surface area contributed by atoms with Gasteiger partial charge >= 0.3 is 0 Å². The minimum atomic E-state index is -1.55. The van der Waals surface area contributed by atoms with E-state index in [2.05, 4.69) is 23.7 Å². The standard InChI is InChI=1S/C33H38N2O11/c1-34(2)27(38)15-35-21-13-17(5-9-23-28(39)32(43)30(41)25(45-23)11-12-36)3-7-19(21)20-8-4-18(14-22(20)35)6-10-24-29(40)33(44)31(42)26(16-37)46-24/h3-4,7-8,13-14,23-26,28-33,36-37,39-44H,11-12,15-16H2,1-2H3/t23-,24-,25-,26-,28-,29-,30-,31-,32-,33-/m1/s1. The van der Waals surface area contributed by atoms with Crippen molar-refractivity contribution in [3.8, 4) is 23.7 Å². The van der Waals surface area contributed by atoms with Crippen LogP contribution in [0.25, 0.3) is 21.8 Å². The van der Waals surface area contributed by atoms with Gasteiger partial charge in [0.2, 0.25) is 5.91 Å². The zero-order valence-electron chi connectivity index (χ0n) is 25.3. The number of benzene rings is 2. The predicted molar refractivity (Wildman–Crippen MR) is 164 cm³/mol. The molecule has 46 heavy (non-hydrogen) atoms. The Kier molecular flexibility index (Phi) is 10.3. The molecule has 0 aliphatic carbocycles. The molecule has 13 heteroatoms. The molecule has 0 bridgehead atoms. The van der Waals surface area contributed by atoms with Gasteiger partial charge in [0, 0.05) is 42.6 Å². The molecule has 1 aromatic heterocycles. The highest BCUT2D eigenvalue weighted by atomic mass is 16.5. The number of carbonyl (C=O) groups excluding carboxylic acids is 1. The van der Waals surface area contributed by atoms with E-state index in [1.165, 1.54) is 4.90 Å². The number of hydrogen-bond acceptors (Lipinski definition) is 11. The molecule has 246 valence electrons. The zero-order valence-corrected chi connectivity index (χ0v) is 25.3. The second-order valence-corrected chi connectivity index (χ2v) is 11.7. The van der Waals surface area contributed by atoms with Crippen molar-refractivity contribution in [3.63, 3.8) is 0 Å². The van der Waals surface area contributed by atoms with Crippen LogP contribution in [-0.2, 0) is 20.8 Å². The van der Waals surface area contributed by atoms with E-state index < -0.39 is 67.6 Å². The number of carbonyl (C=O) groups is 1. The monoisotopic (exact) mass is 638 g/mol. The molecule has 0 spiro atoms. The molecule has 0 unspecified atom stereocenters. The van der Waals surface area contributed by atoms with Crippen molar-refractivity contribution in [2.24, 2.45) is 0 Å². The molecule has 3 heterocycles. The molecular weight excluding hydrogens is 600 g/mol. The Morgan fingerprint density at radius 3 is 1.67 bits per heavy atom. The Bertz CT molecular complexity index is 1700. The largest absolute Gasteiger partial charge is 0.396 e. The van der Waals surface area contributed by atoms with Crippen LogP contribution in [0.1, 0.15) is 17.5 Å². The van der Waals surface area contributed by atoms with Gasteiger partial charge in [-0.3, -0.25) is 4.79 Å². The molecule has 2 saturated heterocycles. The van der Waals surface area contributed by atoms with E-state index in [-0.39, 0.29) is 25.5 Å². The van der Waals surface area contributed by atoms with Gasteiger partial charge in [-0.2, -0.15) is 0 Å². The summed E-state index contributed by atoms with van der Waals surface area (Å²) in [6.45, 7) is -0.853.